The Balaban J connectivity index is 2.58. The highest BCUT2D eigenvalue weighted by Gasteiger charge is 2.13. The van der Waals surface area contributed by atoms with Crippen molar-refractivity contribution < 1.29 is 9.53 Å². The first-order chi connectivity index (χ1) is 8.04. The molecule has 0 aliphatic heterocycles. The Bertz CT molecular complexity index is 391. The Morgan fingerprint density at radius 2 is 2.24 bits per heavy atom. The highest BCUT2D eigenvalue weighted by Crippen LogP contribution is 2.19. The van der Waals surface area contributed by atoms with Crippen molar-refractivity contribution in [2.24, 2.45) is 0 Å². The van der Waals surface area contributed by atoms with Gasteiger partial charge < -0.3 is 15.8 Å². The number of carbonyl (C=O) groups is 1. The molecule has 3 N–H and O–H groups in total. The molecule has 4 heteroatoms. The van der Waals surface area contributed by atoms with Crippen LogP contribution >= 0.6 is 0 Å². The third-order valence-electron chi connectivity index (χ3n) is 2.47. The lowest BCUT2D eigenvalue weighted by Gasteiger charge is -2.15. The lowest BCUT2D eigenvalue weighted by Crippen LogP contribution is -2.36. The van der Waals surface area contributed by atoms with Crippen LogP contribution < -0.4 is 15.8 Å². The molecule has 94 valence electrons. The minimum absolute atomic E-state index is 0.0960. The van der Waals surface area contributed by atoms with Crippen molar-refractivity contribution in [3.8, 4) is 5.75 Å². The van der Waals surface area contributed by atoms with E-state index in [0.29, 0.717) is 12.3 Å². The second-order valence-electron chi connectivity index (χ2n) is 4.07. The first kappa shape index (κ1) is 13.4. The average molecular weight is 236 g/mol. The highest BCUT2D eigenvalue weighted by molar-refractivity contribution is 5.80. The standard InChI is InChI=1S/C13H20N2O2/c1-4-7-15-13(16)10(3)17-11-5-6-12(14)9(2)8-11/h5-6,8,10H,4,7,14H2,1-3H3,(H,15,16). The Morgan fingerprint density at radius 1 is 1.53 bits per heavy atom. The first-order valence-electron chi connectivity index (χ1n) is 5.85. The van der Waals surface area contributed by atoms with E-state index in [1.807, 2.05) is 19.9 Å². The lowest BCUT2D eigenvalue weighted by atomic mass is 10.2. The van der Waals surface area contributed by atoms with Gasteiger partial charge in [0.05, 0.1) is 0 Å². The molecular weight excluding hydrogens is 216 g/mol. The van der Waals surface area contributed by atoms with Crippen LogP contribution in [0.5, 0.6) is 5.75 Å². The summed E-state index contributed by atoms with van der Waals surface area (Å²) < 4.78 is 5.54. The number of carbonyl (C=O) groups excluding carboxylic acids is 1. The molecule has 0 heterocycles. The van der Waals surface area contributed by atoms with Crippen molar-refractivity contribution in [2.45, 2.75) is 33.3 Å². The zero-order valence-corrected chi connectivity index (χ0v) is 10.6. The number of aryl methyl sites for hydroxylation is 1. The van der Waals surface area contributed by atoms with Crippen molar-refractivity contribution in [1.82, 2.24) is 5.32 Å². The smallest absolute Gasteiger partial charge is 0.260 e. The molecule has 0 aliphatic rings. The number of nitrogens with two attached hydrogens (primary N) is 1. The van der Waals surface area contributed by atoms with E-state index in [0.717, 1.165) is 17.7 Å². The topological polar surface area (TPSA) is 64.3 Å². The number of hydrogen-bond acceptors (Lipinski definition) is 3. The Kier molecular flexibility index (Phi) is 4.82. The maximum atomic E-state index is 11.6. The molecule has 0 spiro atoms. The van der Waals surface area contributed by atoms with Crippen LogP contribution in [0.3, 0.4) is 0 Å². The van der Waals surface area contributed by atoms with Crippen molar-refractivity contribution >= 4 is 11.6 Å². The maximum absolute atomic E-state index is 11.6. The van der Waals surface area contributed by atoms with Crippen LogP contribution in [-0.2, 0) is 4.79 Å². The molecule has 0 saturated heterocycles. The second kappa shape index (κ2) is 6.13. The van der Waals surface area contributed by atoms with Gasteiger partial charge >= 0.3 is 0 Å². The van der Waals surface area contributed by atoms with Gasteiger partial charge in [0.1, 0.15) is 5.75 Å². The van der Waals surface area contributed by atoms with Gasteiger partial charge in [0, 0.05) is 12.2 Å². The third-order valence-corrected chi connectivity index (χ3v) is 2.47. The number of amides is 1. The number of ether oxygens (including phenoxy) is 1. The summed E-state index contributed by atoms with van der Waals surface area (Å²) in [6.45, 7) is 6.32. The van der Waals surface area contributed by atoms with Crippen LogP contribution in [0, 0.1) is 6.92 Å². The molecular formula is C13H20N2O2. The van der Waals surface area contributed by atoms with Gasteiger partial charge in [0.2, 0.25) is 0 Å². The normalized spacial score (nSPS) is 11.9. The van der Waals surface area contributed by atoms with E-state index in [4.69, 9.17) is 10.5 Å². The number of hydrogen-bond donors (Lipinski definition) is 2. The molecule has 1 unspecified atom stereocenters. The number of nitrogens with one attached hydrogen (secondary N) is 1. The minimum atomic E-state index is -0.496. The summed E-state index contributed by atoms with van der Waals surface area (Å²) in [5, 5.41) is 2.79. The van der Waals surface area contributed by atoms with Crippen LogP contribution in [0.2, 0.25) is 0 Å². The summed E-state index contributed by atoms with van der Waals surface area (Å²) in [6, 6.07) is 5.38. The predicted molar refractivity (Wildman–Crippen MR) is 69.0 cm³/mol. The van der Waals surface area contributed by atoms with Crippen LogP contribution in [0.4, 0.5) is 5.69 Å². The van der Waals surface area contributed by atoms with Gasteiger partial charge in [-0.05, 0) is 44.0 Å². The highest BCUT2D eigenvalue weighted by atomic mass is 16.5. The van der Waals surface area contributed by atoms with E-state index in [-0.39, 0.29) is 5.91 Å². The maximum Gasteiger partial charge on any atom is 0.260 e. The van der Waals surface area contributed by atoms with Gasteiger partial charge in [-0.25, -0.2) is 0 Å². The minimum Gasteiger partial charge on any atom is -0.481 e. The Labute approximate surface area is 102 Å². The van der Waals surface area contributed by atoms with Gasteiger partial charge in [-0.3, -0.25) is 4.79 Å². The van der Waals surface area contributed by atoms with E-state index in [2.05, 4.69) is 5.32 Å². The van der Waals surface area contributed by atoms with Crippen LogP contribution in [-0.4, -0.2) is 18.6 Å². The Hall–Kier alpha value is -1.71. The van der Waals surface area contributed by atoms with E-state index in [1.165, 1.54) is 0 Å². The van der Waals surface area contributed by atoms with E-state index in [9.17, 15) is 4.79 Å². The summed E-state index contributed by atoms with van der Waals surface area (Å²) in [5.74, 6) is 0.567. The molecule has 0 aromatic heterocycles. The van der Waals surface area contributed by atoms with Crippen LogP contribution in [0.25, 0.3) is 0 Å². The van der Waals surface area contributed by atoms with Gasteiger partial charge in [-0.2, -0.15) is 0 Å². The van der Waals surface area contributed by atoms with E-state index >= 15 is 0 Å². The van der Waals surface area contributed by atoms with E-state index in [1.54, 1.807) is 19.1 Å². The van der Waals surface area contributed by atoms with Crippen molar-refractivity contribution in [3.05, 3.63) is 23.8 Å². The van der Waals surface area contributed by atoms with Crippen LogP contribution in [0.15, 0.2) is 18.2 Å². The second-order valence-corrected chi connectivity index (χ2v) is 4.07. The molecule has 1 amide bonds. The Morgan fingerprint density at radius 3 is 2.82 bits per heavy atom. The summed E-state index contributed by atoms with van der Waals surface area (Å²) in [4.78, 5) is 11.6. The predicted octanol–water partition coefficient (Wildman–Crippen LogP) is 1.87. The largest absolute Gasteiger partial charge is 0.481 e. The van der Waals surface area contributed by atoms with Gasteiger partial charge in [-0.15, -0.1) is 0 Å². The third kappa shape index (κ3) is 3.98. The zero-order chi connectivity index (χ0) is 12.8. The molecule has 0 bridgehead atoms. The fraction of sp³-hybridized carbons (Fsp3) is 0.462. The summed E-state index contributed by atoms with van der Waals surface area (Å²) in [7, 11) is 0. The molecule has 1 rings (SSSR count). The monoisotopic (exact) mass is 236 g/mol. The average Bonchev–Trinajstić information content (AvgIpc) is 2.30. The molecule has 1 aromatic rings. The number of benzene rings is 1. The van der Waals surface area contributed by atoms with Gasteiger partial charge in [0.15, 0.2) is 6.10 Å². The lowest BCUT2D eigenvalue weighted by molar-refractivity contribution is -0.127. The van der Waals surface area contributed by atoms with Crippen molar-refractivity contribution in [3.63, 3.8) is 0 Å². The quantitative estimate of drug-likeness (QED) is 0.767. The zero-order valence-electron chi connectivity index (χ0n) is 10.6. The summed E-state index contributed by atoms with van der Waals surface area (Å²) in [6.07, 6.45) is 0.420. The first-order valence-corrected chi connectivity index (χ1v) is 5.85. The van der Waals surface area contributed by atoms with Gasteiger partial charge in [-0.1, -0.05) is 6.92 Å². The van der Waals surface area contributed by atoms with E-state index < -0.39 is 6.10 Å². The molecule has 17 heavy (non-hydrogen) atoms. The summed E-state index contributed by atoms with van der Waals surface area (Å²) in [5.41, 5.74) is 7.38. The number of rotatable bonds is 5. The molecule has 4 nitrogen and oxygen atoms in total. The molecule has 0 fully saturated rings. The molecule has 1 atom stereocenters. The fourth-order valence-electron chi connectivity index (χ4n) is 1.37. The fourth-order valence-corrected chi connectivity index (χ4v) is 1.37. The van der Waals surface area contributed by atoms with Crippen molar-refractivity contribution in [1.29, 1.82) is 0 Å². The number of nitrogen functional groups attached to an aromatic ring is 1. The molecule has 1 aromatic carbocycles. The van der Waals surface area contributed by atoms with Gasteiger partial charge in [0.25, 0.3) is 5.91 Å². The molecule has 0 aliphatic carbocycles. The SMILES string of the molecule is CCCNC(=O)C(C)Oc1ccc(N)c(C)c1. The number of anilines is 1. The van der Waals surface area contributed by atoms with Crippen LogP contribution in [0.1, 0.15) is 25.8 Å². The van der Waals surface area contributed by atoms with Crippen molar-refractivity contribution in [2.75, 3.05) is 12.3 Å². The molecule has 0 saturated carbocycles. The summed E-state index contributed by atoms with van der Waals surface area (Å²) >= 11 is 0. The molecule has 0 radical (unpaired) electrons.